The summed E-state index contributed by atoms with van der Waals surface area (Å²) in [5.74, 6) is -0.432. The van der Waals surface area contributed by atoms with E-state index in [9.17, 15) is 14.7 Å². The van der Waals surface area contributed by atoms with Crippen molar-refractivity contribution in [2.45, 2.75) is 51.5 Å². The molecule has 0 unspecified atom stereocenters. The molecule has 0 bridgehead atoms. The lowest BCUT2D eigenvalue weighted by Gasteiger charge is -2.16. The van der Waals surface area contributed by atoms with Crippen molar-refractivity contribution in [1.82, 2.24) is 5.32 Å². The van der Waals surface area contributed by atoms with Crippen molar-refractivity contribution in [2.24, 2.45) is 0 Å². The van der Waals surface area contributed by atoms with Crippen LogP contribution in [-0.2, 0) is 20.7 Å². The maximum Gasteiger partial charge on any atom is 0.328 e. The molecule has 0 aliphatic heterocycles. The molecule has 0 aliphatic carbocycles. The van der Waals surface area contributed by atoms with E-state index in [1.165, 1.54) is 7.11 Å². The van der Waals surface area contributed by atoms with Crippen LogP contribution >= 0.6 is 0 Å². The highest BCUT2D eigenvalue weighted by molar-refractivity contribution is 5.84. The molecule has 1 rings (SSSR count). The average Bonchev–Trinajstić information content (AvgIpc) is 2.52. The first-order valence-electron chi connectivity index (χ1n) is 7.72. The minimum Gasteiger partial charge on any atom is -0.508 e. The van der Waals surface area contributed by atoms with Crippen molar-refractivity contribution >= 4 is 11.9 Å². The zero-order chi connectivity index (χ0) is 16.4. The number of aromatic hydroxyl groups is 1. The highest BCUT2D eigenvalue weighted by atomic mass is 16.5. The van der Waals surface area contributed by atoms with E-state index in [2.05, 4.69) is 12.2 Å². The van der Waals surface area contributed by atoms with Crippen LogP contribution in [0.15, 0.2) is 24.3 Å². The van der Waals surface area contributed by atoms with Crippen molar-refractivity contribution in [1.29, 1.82) is 0 Å². The van der Waals surface area contributed by atoms with Gasteiger partial charge in [-0.2, -0.15) is 0 Å². The number of phenolic OH excluding ortho intramolecular Hbond substituents is 1. The number of carbonyl (C=O) groups is 2. The van der Waals surface area contributed by atoms with Gasteiger partial charge in [0, 0.05) is 12.8 Å². The maximum absolute atomic E-state index is 11.9. The molecule has 0 fully saturated rings. The number of phenols is 1. The van der Waals surface area contributed by atoms with Crippen molar-refractivity contribution < 1.29 is 19.4 Å². The summed E-state index contributed by atoms with van der Waals surface area (Å²) >= 11 is 0. The number of methoxy groups -OCH3 is 1. The van der Waals surface area contributed by atoms with Crippen LogP contribution in [0.1, 0.15) is 44.6 Å². The van der Waals surface area contributed by atoms with Crippen LogP contribution in [0.5, 0.6) is 5.75 Å². The highest BCUT2D eigenvalue weighted by Gasteiger charge is 2.21. The van der Waals surface area contributed by atoms with Crippen molar-refractivity contribution in [3.8, 4) is 5.75 Å². The molecule has 1 aromatic rings. The number of nitrogens with one attached hydrogen (secondary N) is 1. The van der Waals surface area contributed by atoms with Gasteiger partial charge in [-0.3, -0.25) is 4.79 Å². The summed E-state index contributed by atoms with van der Waals surface area (Å²) in [6.45, 7) is 2.12. The van der Waals surface area contributed by atoms with Crippen LogP contribution in [0.3, 0.4) is 0 Å². The minimum absolute atomic E-state index is 0.134. The molecule has 5 nitrogen and oxygen atoms in total. The Morgan fingerprint density at radius 2 is 1.86 bits per heavy atom. The predicted octanol–water partition coefficient (Wildman–Crippen LogP) is 2.56. The molecule has 1 amide bonds. The summed E-state index contributed by atoms with van der Waals surface area (Å²) in [5, 5.41) is 12.0. The van der Waals surface area contributed by atoms with Gasteiger partial charge >= 0.3 is 5.97 Å². The van der Waals surface area contributed by atoms with Crippen LogP contribution in [0.2, 0.25) is 0 Å². The second-order valence-corrected chi connectivity index (χ2v) is 5.32. The molecule has 0 aromatic heterocycles. The Labute approximate surface area is 131 Å². The zero-order valence-electron chi connectivity index (χ0n) is 13.3. The molecule has 0 heterocycles. The number of hydrogen-bond donors (Lipinski definition) is 2. The first-order chi connectivity index (χ1) is 10.6. The van der Waals surface area contributed by atoms with Crippen molar-refractivity contribution in [2.75, 3.05) is 7.11 Å². The average molecular weight is 307 g/mol. The molecule has 22 heavy (non-hydrogen) atoms. The highest BCUT2D eigenvalue weighted by Crippen LogP contribution is 2.12. The largest absolute Gasteiger partial charge is 0.508 e. The normalized spacial score (nSPS) is 11.7. The Hall–Kier alpha value is -2.04. The quantitative estimate of drug-likeness (QED) is 0.543. The number of rotatable bonds is 9. The Morgan fingerprint density at radius 1 is 1.18 bits per heavy atom. The zero-order valence-corrected chi connectivity index (χ0v) is 13.3. The topological polar surface area (TPSA) is 75.6 Å². The van der Waals surface area contributed by atoms with Gasteiger partial charge in [0.05, 0.1) is 7.11 Å². The summed E-state index contributed by atoms with van der Waals surface area (Å²) in [5.41, 5.74) is 0.847. The fraction of sp³-hybridized carbons (Fsp3) is 0.529. The van der Waals surface area contributed by atoms with Crippen LogP contribution in [0, 0.1) is 0 Å². The molecule has 122 valence electrons. The van der Waals surface area contributed by atoms with Gasteiger partial charge in [-0.25, -0.2) is 4.79 Å². The van der Waals surface area contributed by atoms with Gasteiger partial charge in [0.1, 0.15) is 11.8 Å². The smallest absolute Gasteiger partial charge is 0.328 e. The summed E-state index contributed by atoms with van der Waals surface area (Å²) in [6.07, 6.45) is 4.84. The SMILES string of the molecule is CCCCCCC(=O)N[C@@H](Cc1ccc(O)cc1)C(=O)OC. The Morgan fingerprint density at radius 3 is 2.45 bits per heavy atom. The monoisotopic (exact) mass is 307 g/mol. The fourth-order valence-electron chi connectivity index (χ4n) is 2.18. The van der Waals surface area contributed by atoms with Gasteiger partial charge in [0.15, 0.2) is 0 Å². The van der Waals surface area contributed by atoms with E-state index >= 15 is 0 Å². The van der Waals surface area contributed by atoms with E-state index in [0.29, 0.717) is 12.8 Å². The number of unbranched alkanes of at least 4 members (excludes halogenated alkanes) is 3. The number of ether oxygens (including phenoxy) is 1. The van der Waals surface area contributed by atoms with E-state index in [1.54, 1.807) is 24.3 Å². The van der Waals surface area contributed by atoms with Crippen LogP contribution < -0.4 is 5.32 Å². The van der Waals surface area contributed by atoms with Crippen molar-refractivity contribution in [3.63, 3.8) is 0 Å². The Kier molecular flexibility index (Phi) is 8.04. The molecule has 0 spiro atoms. The third-order valence-corrected chi connectivity index (χ3v) is 3.45. The van der Waals surface area contributed by atoms with Gasteiger partial charge < -0.3 is 15.2 Å². The molecule has 1 aromatic carbocycles. The van der Waals surface area contributed by atoms with Gasteiger partial charge in [0.2, 0.25) is 5.91 Å². The first-order valence-corrected chi connectivity index (χ1v) is 7.72. The minimum atomic E-state index is -0.701. The van der Waals surface area contributed by atoms with E-state index in [0.717, 1.165) is 31.2 Å². The summed E-state index contributed by atoms with van der Waals surface area (Å²) in [7, 11) is 1.31. The van der Waals surface area contributed by atoms with E-state index in [1.807, 2.05) is 0 Å². The Balaban J connectivity index is 2.55. The van der Waals surface area contributed by atoms with Gasteiger partial charge in [0.25, 0.3) is 0 Å². The van der Waals surface area contributed by atoms with E-state index in [4.69, 9.17) is 4.74 Å². The maximum atomic E-state index is 11.9. The molecule has 2 N–H and O–H groups in total. The Bertz CT molecular complexity index is 470. The second-order valence-electron chi connectivity index (χ2n) is 5.32. The number of carbonyl (C=O) groups excluding carboxylic acids is 2. The lowest BCUT2D eigenvalue weighted by molar-refractivity contribution is -0.145. The number of hydrogen-bond acceptors (Lipinski definition) is 4. The van der Waals surface area contributed by atoms with E-state index < -0.39 is 12.0 Å². The lowest BCUT2D eigenvalue weighted by Crippen LogP contribution is -2.43. The molecular weight excluding hydrogens is 282 g/mol. The van der Waals surface area contributed by atoms with E-state index in [-0.39, 0.29) is 11.7 Å². The molecule has 0 saturated heterocycles. The second kappa shape index (κ2) is 9.82. The lowest BCUT2D eigenvalue weighted by atomic mass is 10.1. The summed E-state index contributed by atoms with van der Waals surface area (Å²) in [4.78, 5) is 23.7. The van der Waals surface area contributed by atoms with Crippen molar-refractivity contribution in [3.05, 3.63) is 29.8 Å². The van der Waals surface area contributed by atoms with Gasteiger partial charge in [-0.15, -0.1) is 0 Å². The number of esters is 1. The summed E-state index contributed by atoms with van der Waals surface area (Å²) in [6, 6.07) is 5.84. The van der Waals surface area contributed by atoms with Crippen LogP contribution in [-0.4, -0.2) is 30.1 Å². The molecule has 0 radical (unpaired) electrons. The fourth-order valence-corrected chi connectivity index (χ4v) is 2.18. The van der Waals surface area contributed by atoms with Crippen LogP contribution in [0.25, 0.3) is 0 Å². The molecular formula is C17H25NO4. The van der Waals surface area contributed by atoms with Crippen LogP contribution in [0.4, 0.5) is 0 Å². The molecule has 0 saturated carbocycles. The molecule has 1 atom stereocenters. The number of amides is 1. The van der Waals surface area contributed by atoms with Gasteiger partial charge in [-0.1, -0.05) is 38.3 Å². The number of benzene rings is 1. The molecule has 5 heteroatoms. The molecule has 0 aliphatic rings. The standard InChI is InChI=1S/C17H25NO4/c1-3-4-5-6-7-16(20)18-15(17(21)22-2)12-13-8-10-14(19)11-9-13/h8-11,15,19H,3-7,12H2,1-2H3,(H,18,20)/t15-/m0/s1. The first kappa shape index (κ1) is 18.0. The summed E-state index contributed by atoms with van der Waals surface area (Å²) < 4.78 is 4.75. The van der Waals surface area contributed by atoms with Gasteiger partial charge in [-0.05, 0) is 24.1 Å². The predicted molar refractivity (Wildman–Crippen MR) is 84.5 cm³/mol. The third-order valence-electron chi connectivity index (χ3n) is 3.45. The third kappa shape index (κ3) is 6.61.